The van der Waals surface area contributed by atoms with Crippen LogP contribution in [0, 0.1) is 6.92 Å². The van der Waals surface area contributed by atoms with Crippen LogP contribution in [0.4, 0.5) is 0 Å². The Hall–Kier alpha value is -1.90. The van der Waals surface area contributed by atoms with Crippen molar-refractivity contribution >= 4 is 31.9 Å². The van der Waals surface area contributed by atoms with Crippen molar-refractivity contribution in [3.63, 3.8) is 0 Å². The molecule has 2 aromatic rings. The Kier molecular flexibility index (Phi) is 8.24. The minimum atomic E-state index is -3.80. The minimum Gasteiger partial charge on any atom is -0.494 e. The second-order valence-electron chi connectivity index (χ2n) is 6.63. The first-order valence-corrected chi connectivity index (χ1v) is 11.7. The molecule has 0 radical (unpaired) electrons. The fraction of sp³-hybridized carbons (Fsp3) is 0.381. The lowest BCUT2D eigenvalue weighted by Crippen LogP contribution is -2.41. The first-order valence-electron chi connectivity index (χ1n) is 9.47. The molecule has 0 aliphatic rings. The lowest BCUT2D eigenvalue weighted by atomic mass is 10.1. The Balaban J connectivity index is 2.12. The maximum atomic E-state index is 13.0. The smallest absolute Gasteiger partial charge is 0.243 e. The molecular formula is C21H27BrN2O4S. The number of ether oxygens (including phenoxy) is 1. The first kappa shape index (κ1) is 23.4. The number of benzene rings is 2. The van der Waals surface area contributed by atoms with Crippen LogP contribution in [0.5, 0.6) is 5.75 Å². The molecule has 2 rings (SSSR count). The molecule has 0 spiro atoms. The molecule has 0 saturated carbocycles. The molecule has 0 unspecified atom stereocenters. The lowest BCUT2D eigenvalue weighted by Gasteiger charge is -2.22. The van der Waals surface area contributed by atoms with Crippen LogP contribution in [0.25, 0.3) is 0 Å². The van der Waals surface area contributed by atoms with E-state index in [0.717, 1.165) is 15.6 Å². The Labute approximate surface area is 181 Å². The molecule has 6 nitrogen and oxygen atoms in total. The molecule has 0 fully saturated rings. The second kappa shape index (κ2) is 10.2. The number of carbonyl (C=O) groups excluding carboxylic acids is 1. The van der Waals surface area contributed by atoms with Gasteiger partial charge in [-0.3, -0.25) is 4.79 Å². The van der Waals surface area contributed by atoms with Gasteiger partial charge in [-0.25, -0.2) is 8.42 Å². The molecule has 158 valence electrons. The first-order chi connectivity index (χ1) is 13.7. The molecule has 0 aliphatic heterocycles. The van der Waals surface area contributed by atoms with Gasteiger partial charge in [0.05, 0.1) is 24.1 Å². The summed E-state index contributed by atoms with van der Waals surface area (Å²) in [6.45, 7) is 7.70. The van der Waals surface area contributed by atoms with Gasteiger partial charge in [-0.05, 0) is 62.2 Å². The lowest BCUT2D eigenvalue weighted by molar-refractivity contribution is -0.121. The van der Waals surface area contributed by atoms with Crippen molar-refractivity contribution in [2.45, 2.75) is 38.6 Å². The highest BCUT2D eigenvalue weighted by atomic mass is 79.9. The predicted molar refractivity (Wildman–Crippen MR) is 117 cm³/mol. The van der Waals surface area contributed by atoms with Crippen molar-refractivity contribution < 1.29 is 17.9 Å². The Morgan fingerprint density at radius 2 is 1.83 bits per heavy atom. The number of likely N-dealkylation sites (N-methyl/N-ethyl adjacent to an activating group) is 1. The summed E-state index contributed by atoms with van der Waals surface area (Å²) in [6, 6.07) is 12.1. The van der Waals surface area contributed by atoms with E-state index in [9.17, 15) is 13.2 Å². The van der Waals surface area contributed by atoms with E-state index in [2.05, 4.69) is 21.2 Å². The quantitative estimate of drug-likeness (QED) is 0.584. The van der Waals surface area contributed by atoms with Crippen LogP contribution in [-0.2, 0) is 14.8 Å². The van der Waals surface area contributed by atoms with Crippen LogP contribution in [0.15, 0.2) is 51.8 Å². The van der Waals surface area contributed by atoms with Gasteiger partial charge in [0.1, 0.15) is 5.75 Å². The largest absolute Gasteiger partial charge is 0.494 e. The van der Waals surface area contributed by atoms with Gasteiger partial charge in [0.25, 0.3) is 0 Å². The minimum absolute atomic E-state index is 0.147. The average Bonchev–Trinajstić information content (AvgIpc) is 2.68. The van der Waals surface area contributed by atoms with E-state index < -0.39 is 10.0 Å². The van der Waals surface area contributed by atoms with Crippen LogP contribution < -0.4 is 10.1 Å². The van der Waals surface area contributed by atoms with Gasteiger partial charge in [0, 0.05) is 11.0 Å². The van der Waals surface area contributed by atoms with Gasteiger partial charge >= 0.3 is 0 Å². The zero-order chi connectivity index (χ0) is 21.6. The standard InChI is InChI=1S/C21H27BrN2O4S/c1-5-24(14-21(25)23-16(4)17-7-9-18(22)10-8-17)29(26,27)19-11-12-20(28-6-2)15(3)13-19/h7-13,16H,5-6,14H2,1-4H3,(H,23,25)/t16-/m0/s1. The molecule has 1 atom stereocenters. The Morgan fingerprint density at radius 1 is 1.17 bits per heavy atom. The van der Waals surface area contributed by atoms with Crippen LogP contribution in [0.1, 0.15) is 37.9 Å². The molecule has 0 aromatic heterocycles. The van der Waals surface area contributed by atoms with Crippen molar-refractivity contribution in [2.75, 3.05) is 19.7 Å². The van der Waals surface area contributed by atoms with Crippen LogP contribution in [0.3, 0.4) is 0 Å². The van der Waals surface area contributed by atoms with Gasteiger partial charge in [-0.15, -0.1) is 0 Å². The highest BCUT2D eigenvalue weighted by Gasteiger charge is 2.26. The molecule has 29 heavy (non-hydrogen) atoms. The van der Waals surface area contributed by atoms with Gasteiger partial charge in [0.15, 0.2) is 0 Å². The Morgan fingerprint density at radius 3 is 2.38 bits per heavy atom. The summed E-state index contributed by atoms with van der Waals surface area (Å²) in [5.74, 6) is 0.295. The maximum Gasteiger partial charge on any atom is 0.243 e. The molecule has 0 saturated heterocycles. The highest BCUT2D eigenvalue weighted by molar-refractivity contribution is 9.10. The number of halogens is 1. The summed E-state index contributed by atoms with van der Waals surface area (Å²) in [6.07, 6.45) is 0. The summed E-state index contributed by atoms with van der Waals surface area (Å²) in [7, 11) is -3.80. The zero-order valence-corrected chi connectivity index (χ0v) is 19.5. The van der Waals surface area contributed by atoms with Crippen molar-refractivity contribution in [1.82, 2.24) is 9.62 Å². The molecular weight excluding hydrogens is 456 g/mol. The number of rotatable bonds is 9. The van der Waals surface area contributed by atoms with E-state index in [1.807, 2.05) is 38.1 Å². The fourth-order valence-electron chi connectivity index (χ4n) is 2.90. The van der Waals surface area contributed by atoms with Crippen LogP contribution >= 0.6 is 15.9 Å². The number of sulfonamides is 1. The number of hydrogen-bond acceptors (Lipinski definition) is 4. The van der Waals surface area contributed by atoms with Crippen molar-refractivity contribution in [3.05, 3.63) is 58.1 Å². The van der Waals surface area contributed by atoms with E-state index in [0.29, 0.717) is 12.4 Å². The van der Waals surface area contributed by atoms with E-state index >= 15 is 0 Å². The van der Waals surface area contributed by atoms with Crippen molar-refractivity contribution in [2.24, 2.45) is 0 Å². The van der Waals surface area contributed by atoms with Gasteiger partial charge in [0.2, 0.25) is 15.9 Å². The van der Waals surface area contributed by atoms with E-state index in [-0.39, 0.29) is 29.9 Å². The Bertz CT molecular complexity index is 946. The molecule has 1 N–H and O–H groups in total. The zero-order valence-electron chi connectivity index (χ0n) is 17.1. The fourth-order valence-corrected chi connectivity index (χ4v) is 4.65. The summed E-state index contributed by atoms with van der Waals surface area (Å²) < 4.78 is 33.6. The third kappa shape index (κ3) is 6.04. The second-order valence-corrected chi connectivity index (χ2v) is 9.49. The summed E-state index contributed by atoms with van der Waals surface area (Å²) in [4.78, 5) is 12.6. The van der Waals surface area contributed by atoms with Crippen LogP contribution in [0.2, 0.25) is 0 Å². The molecule has 0 bridgehead atoms. The van der Waals surface area contributed by atoms with Gasteiger partial charge in [-0.1, -0.05) is 35.0 Å². The van der Waals surface area contributed by atoms with Gasteiger partial charge in [-0.2, -0.15) is 4.31 Å². The number of nitrogens with zero attached hydrogens (tertiary/aromatic N) is 1. The molecule has 2 aromatic carbocycles. The van der Waals surface area contributed by atoms with E-state index in [4.69, 9.17) is 4.74 Å². The number of aryl methyl sites for hydroxylation is 1. The van der Waals surface area contributed by atoms with Gasteiger partial charge < -0.3 is 10.1 Å². The van der Waals surface area contributed by atoms with E-state index in [1.54, 1.807) is 26.0 Å². The third-order valence-electron chi connectivity index (χ3n) is 4.50. The summed E-state index contributed by atoms with van der Waals surface area (Å²) in [5.41, 5.74) is 1.67. The third-order valence-corrected chi connectivity index (χ3v) is 6.95. The average molecular weight is 483 g/mol. The molecule has 1 amide bonds. The number of carbonyl (C=O) groups is 1. The summed E-state index contributed by atoms with van der Waals surface area (Å²) >= 11 is 3.38. The van der Waals surface area contributed by atoms with Crippen molar-refractivity contribution in [1.29, 1.82) is 0 Å². The molecule has 8 heteroatoms. The molecule has 0 aliphatic carbocycles. The van der Waals surface area contributed by atoms with Crippen molar-refractivity contribution in [3.8, 4) is 5.75 Å². The SMILES string of the molecule is CCOc1ccc(S(=O)(=O)N(CC)CC(=O)N[C@@H](C)c2ccc(Br)cc2)cc1C. The molecule has 0 heterocycles. The predicted octanol–water partition coefficient (Wildman–Crippen LogP) is 4.04. The summed E-state index contributed by atoms with van der Waals surface area (Å²) in [5, 5.41) is 2.86. The number of hydrogen-bond donors (Lipinski definition) is 1. The van der Waals surface area contributed by atoms with Crippen LogP contribution in [-0.4, -0.2) is 38.3 Å². The number of amides is 1. The topological polar surface area (TPSA) is 75.7 Å². The number of nitrogens with one attached hydrogen (secondary N) is 1. The maximum absolute atomic E-state index is 13.0. The monoisotopic (exact) mass is 482 g/mol. The van der Waals surface area contributed by atoms with E-state index in [1.165, 1.54) is 10.4 Å². The normalized spacial score (nSPS) is 12.6. The highest BCUT2D eigenvalue weighted by Crippen LogP contribution is 2.24.